The van der Waals surface area contributed by atoms with Crippen LogP contribution in [-0.2, 0) is 4.79 Å². The molecule has 0 fully saturated rings. The van der Waals surface area contributed by atoms with E-state index in [0.29, 0.717) is 0 Å². The highest BCUT2D eigenvalue weighted by atomic mass is 16.3. The van der Waals surface area contributed by atoms with Gasteiger partial charge in [-0.3, -0.25) is 4.79 Å². The van der Waals surface area contributed by atoms with E-state index in [1.165, 1.54) is 29.2 Å². The number of nitrogens with zero attached hydrogens (tertiary/aromatic N) is 2. The summed E-state index contributed by atoms with van der Waals surface area (Å²) in [6.07, 6.45) is 1.37. The number of hydrogen-bond donors (Lipinski definition) is 1. The Morgan fingerprint density at radius 3 is 2.67 bits per heavy atom. The Hall–Kier alpha value is -2.13. The van der Waals surface area contributed by atoms with Crippen LogP contribution in [-0.4, -0.2) is 36.1 Å². The third-order valence-corrected chi connectivity index (χ3v) is 1.79. The van der Waals surface area contributed by atoms with Crippen LogP contribution in [0.25, 0.3) is 0 Å². The average molecular weight is 206 g/mol. The average Bonchev–Trinajstić information content (AvgIpc) is 2.20. The lowest BCUT2D eigenvalue weighted by atomic mass is 10.1. The van der Waals surface area contributed by atoms with Crippen molar-refractivity contribution in [2.75, 3.05) is 14.1 Å². The highest BCUT2D eigenvalue weighted by molar-refractivity contribution is 5.97. The number of aromatic hydroxyl groups is 1. The second kappa shape index (κ2) is 4.39. The maximum absolute atomic E-state index is 11.5. The monoisotopic (exact) mass is 206 g/mol. The van der Waals surface area contributed by atoms with Crippen molar-refractivity contribution in [3.63, 3.8) is 0 Å². The fraction of sp³-hybridized carbons (Fsp3) is 0.200. The van der Waals surface area contributed by atoms with Crippen LogP contribution in [0.5, 0.6) is 5.75 Å². The number of isocyanates is 1. The molecule has 1 aromatic carbocycles. The van der Waals surface area contributed by atoms with Crippen molar-refractivity contribution >= 4 is 17.7 Å². The number of amides is 1. The highest BCUT2D eigenvalue weighted by Gasteiger charge is 2.13. The third kappa shape index (κ3) is 2.42. The molecule has 5 nitrogen and oxygen atoms in total. The van der Waals surface area contributed by atoms with Crippen LogP contribution >= 0.6 is 0 Å². The molecule has 0 atom stereocenters. The van der Waals surface area contributed by atoms with Gasteiger partial charge >= 0.3 is 0 Å². The van der Waals surface area contributed by atoms with Crippen molar-refractivity contribution in [1.82, 2.24) is 4.90 Å². The van der Waals surface area contributed by atoms with E-state index < -0.39 is 0 Å². The molecular formula is C10H10N2O3. The summed E-state index contributed by atoms with van der Waals surface area (Å²) in [5.41, 5.74) is 0.393. The lowest BCUT2D eigenvalue weighted by molar-refractivity contribution is 0.0824. The number of carbonyl (C=O) groups excluding carboxylic acids is 2. The summed E-state index contributed by atoms with van der Waals surface area (Å²) in [7, 11) is 3.13. The Kier molecular flexibility index (Phi) is 3.21. The first kappa shape index (κ1) is 10.9. The molecule has 1 amide bonds. The minimum Gasteiger partial charge on any atom is -0.507 e. The van der Waals surface area contributed by atoms with Crippen LogP contribution in [0.1, 0.15) is 10.4 Å². The topological polar surface area (TPSA) is 70.0 Å². The van der Waals surface area contributed by atoms with E-state index in [1.807, 2.05) is 0 Å². The van der Waals surface area contributed by atoms with Crippen molar-refractivity contribution in [2.24, 2.45) is 4.99 Å². The largest absolute Gasteiger partial charge is 0.507 e. The van der Waals surface area contributed by atoms with E-state index in [0.717, 1.165) is 0 Å². The van der Waals surface area contributed by atoms with Gasteiger partial charge in [0.05, 0.1) is 11.3 Å². The van der Waals surface area contributed by atoms with Gasteiger partial charge in [0.25, 0.3) is 5.91 Å². The van der Waals surface area contributed by atoms with E-state index in [9.17, 15) is 14.7 Å². The molecule has 0 bridgehead atoms. The highest BCUT2D eigenvalue weighted by Crippen LogP contribution is 2.23. The summed E-state index contributed by atoms with van der Waals surface area (Å²) in [5.74, 6) is -0.492. The van der Waals surface area contributed by atoms with Gasteiger partial charge in [-0.15, -0.1) is 0 Å². The molecule has 5 heteroatoms. The van der Waals surface area contributed by atoms with E-state index in [4.69, 9.17) is 0 Å². The van der Waals surface area contributed by atoms with Crippen LogP contribution in [0.4, 0.5) is 5.69 Å². The number of carbonyl (C=O) groups is 1. The van der Waals surface area contributed by atoms with E-state index in [1.54, 1.807) is 14.1 Å². The molecule has 0 aliphatic rings. The predicted molar refractivity (Wildman–Crippen MR) is 53.9 cm³/mol. The molecule has 0 spiro atoms. The molecule has 1 aromatic rings. The zero-order valence-electron chi connectivity index (χ0n) is 8.39. The van der Waals surface area contributed by atoms with Crippen molar-refractivity contribution < 1.29 is 14.7 Å². The van der Waals surface area contributed by atoms with Crippen molar-refractivity contribution in [2.45, 2.75) is 0 Å². The second-order valence-corrected chi connectivity index (χ2v) is 3.10. The molecule has 78 valence electrons. The normalized spacial score (nSPS) is 9.20. The molecule has 0 saturated carbocycles. The van der Waals surface area contributed by atoms with Gasteiger partial charge in [0.2, 0.25) is 6.08 Å². The van der Waals surface area contributed by atoms with E-state index >= 15 is 0 Å². The Labute approximate surface area is 86.7 Å². The van der Waals surface area contributed by atoms with Crippen LogP contribution < -0.4 is 0 Å². The quantitative estimate of drug-likeness (QED) is 0.581. The first-order chi connectivity index (χ1) is 7.06. The van der Waals surface area contributed by atoms with Crippen LogP contribution in [0.15, 0.2) is 23.2 Å². The molecule has 0 saturated heterocycles. The van der Waals surface area contributed by atoms with Gasteiger partial charge in [-0.05, 0) is 18.2 Å². The molecule has 0 unspecified atom stereocenters. The minimum atomic E-state index is -0.351. The fourth-order valence-electron chi connectivity index (χ4n) is 1.06. The molecule has 0 aliphatic heterocycles. The third-order valence-electron chi connectivity index (χ3n) is 1.79. The Bertz CT molecular complexity index is 434. The van der Waals surface area contributed by atoms with E-state index in [2.05, 4.69) is 4.99 Å². The Balaban J connectivity index is 3.21. The molecule has 0 aromatic heterocycles. The molecule has 0 aliphatic carbocycles. The van der Waals surface area contributed by atoms with Crippen molar-refractivity contribution in [3.8, 4) is 5.75 Å². The molecule has 0 heterocycles. The van der Waals surface area contributed by atoms with Crippen molar-refractivity contribution in [1.29, 1.82) is 0 Å². The molecule has 1 rings (SSSR count). The standard InChI is InChI=1S/C10H10N2O3/c1-12(2)10(15)8-5-7(11-6-13)3-4-9(8)14/h3-5,14H,1-2H3. The zero-order valence-corrected chi connectivity index (χ0v) is 8.39. The van der Waals surface area contributed by atoms with E-state index in [-0.39, 0.29) is 22.9 Å². The summed E-state index contributed by atoms with van der Waals surface area (Å²) in [4.78, 5) is 26.3. The lowest BCUT2D eigenvalue weighted by Gasteiger charge is -2.11. The van der Waals surface area contributed by atoms with Gasteiger partial charge in [0.15, 0.2) is 0 Å². The predicted octanol–water partition coefficient (Wildman–Crippen LogP) is 1.06. The number of phenolic OH excluding ortho intramolecular Hbond substituents is 1. The minimum absolute atomic E-state index is 0.108. The summed E-state index contributed by atoms with van der Waals surface area (Å²) < 4.78 is 0. The van der Waals surface area contributed by atoms with Gasteiger partial charge in [-0.1, -0.05) is 0 Å². The Morgan fingerprint density at radius 1 is 1.47 bits per heavy atom. The summed E-state index contributed by atoms with van der Waals surface area (Å²) in [5, 5.41) is 9.43. The molecule has 15 heavy (non-hydrogen) atoms. The van der Waals surface area contributed by atoms with Gasteiger partial charge in [-0.2, -0.15) is 4.99 Å². The maximum atomic E-state index is 11.5. The zero-order chi connectivity index (χ0) is 11.4. The van der Waals surface area contributed by atoms with Crippen LogP contribution in [0.3, 0.4) is 0 Å². The summed E-state index contributed by atoms with van der Waals surface area (Å²) >= 11 is 0. The number of phenols is 1. The van der Waals surface area contributed by atoms with Gasteiger partial charge in [-0.25, -0.2) is 4.79 Å². The SMILES string of the molecule is CN(C)C(=O)c1cc(N=C=O)ccc1O. The van der Waals surface area contributed by atoms with Gasteiger partial charge < -0.3 is 10.0 Å². The first-order valence-corrected chi connectivity index (χ1v) is 4.19. The number of benzene rings is 1. The first-order valence-electron chi connectivity index (χ1n) is 4.19. The number of aliphatic imine (C=N–C) groups is 1. The van der Waals surface area contributed by atoms with Crippen LogP contribution in [0, 0.1) is 0 Å². The lowest BCUT2D eigenvalue weighted by Crippen LogP contribution is -2.21. The second-order valence-electron chi connectivity index (χ2n) is 3.10. The molecule has 1 N–H and O–H groups in total. The van der Waals surface area contributed by atoms with Crippen LogP contribution in [0.2, 0.25) is 0 Å². The smallest absolute Gasteiger partial charge is 0.257 e. The fourth-order valence-corrected chi connectivity index (χ4v) is 1.06. The maximum Gasteiger partial charge on any atom is 0.257 e. The summed E-state index contributed by atoms with van der Waals surface area (Å²) in [6.45, 7) is 0. The number of rotatable bonds is 2. The van der Waals surface area contributed by atoms with Gasteiger partial charge in [0, 0.05) is 14.1 Å². The molecule has 0 radical (unpaired) electrons. The Morgan fingerprint density at radius 2 is 2.13 bits per heavy atom. The summed E-state index contributed by atoms with van der Waals surface area (Å²) in [6, 6.07) is 4.07. The molecular weight excluding hydrogens is 196 g/mol. The van der Waals surface area contributed by atoms with Gasteiger partial charge in [0.1, 0.15) is 5.75 Å². The number of hydrogen-bond acceptors (Lipinski definition) is 4. The van der Waals surface area contributed by atoms with Crippen molar-refractivity contribution in [3.05, 3.63) is 23.8 Å².